The van der Waals surface area contributed by atoms with Crippen molar-refractivity contribution in [2.45, 2.75) is 65.1 Å². The average molecular weight is 523 g/mol. The van der Waals surface area contributed by atoms with Crippen LogP contribution < -0.4 is 25.2 Å². The van der Waals surface area contributed by atoms with Gasteiger partial charge >= 0.3 is 0 Å². The van der Waals surface area contributed by atoms with Crippen LogP contribution in [-0.2, 0) is 0 Å². The lowest BCUT2D eigenvalue weighted by Gasteiger charge is -2.42. The van der Waals surface area contributed by atoms with Crippen LogP contribution in [0.4, 0.5) is 0 Å². The highest BCUT2D eigenvalue weighted by molar-refractivity contribution is 7.19. The molecule has 0 bridgehead atoms. The Bertz CT molecular complexity index is 1200. The van der Waals surface area contributed by atoms with Gasteiger partial charge in [0.1, 0.15) is 5.75 Å². The zero-order valence-corrected chi connectivity index (χ0v) is 25.5. The molecule has 0 atom stereocenters. The quantitative estimate of drug-likeness (QED) is 0.171. The second-order valence-electron chi connectivity index (χ2n) is 11.3. The van der Waals surface area contributed by atoms with Crippen LogP contribution in [0.3, 0.4) is 0 Å². The summed E-state index contributed by atoms with van der Waals surface area (Å²) < 4.78 is 7.04. The molecule has 0 aliphatic carbocycles. The molecule has 0 radical (unpaired) electrons. The predicted octanol–water partition coefficient (Wildman–Crippen LogP) is 6.93. The Balaban J connectivity index is 1.92. The Hall–Kier alpha value is -2.89. The first kappa shape index (κ1) is 27.2. The van der Waals surface area contributed by atoms with Crippen LogP contribution in [0.2, 0.25) is 16.6 Å². The number of hydrogen-bond acceptors (Lipinski definition) is 1. The van der Waals surface area contributed by atoms with Gasteiger partial charge < -0.3 is 4.43 Å². The molecule has 0 N–H and O–H groups in total. The van der Waals surface area contributed by atoms with Crippen molar-refractivity contribution in [2.24, 2.45) is 0 Å². The number of hydrogen-bond donors (Lipinski definition) is 0. The molecule has 4 aromatic rings. The van der Waals surface area contributed by atoms with E-state index in [1.807, 2.05) is 0 Å². The fourth-order valence-corrected chi connectivity index (χ4v) is 16.5. The molecule has 0 spiro atoms. The molecule has 37 heavy (non-hydrogen) atoms. The Morgan fingerprint density at radius 1 is 0.459 bits per heavy atom. The molecule has 0 saturated carbocycles. The van der Waals surface area contributed by atoms with Crippen LogP contribution in [0.15, 0.2) is 109 Å². The molecular formula is C34H42OSi2. The minimum absolute atomic E-state index is 0.543. The third-order valence-electron chi connectivity index (χ3n) is 8.19. The van der Waals surface area contributed by atoms with Gasteiger partial charge in [0.25, 0.3) is 8.32 Å². The standard InChI is InChI=1S/C34H42OSi2/c1-26(2)37(27(3)4,28(5)6)35-30-20-24-34(25-21-30)36(31-14-10-8-11-15-31,32-16-12-9-13-17-32)33-22-18-29(7)19-23-33/h8-28H,1-7H3. The first-order chi connectivity index (χ1) is 17.7. The molecule has 4 aromatic carbocycles. The van der Waals surface area contributed by atoms with Gasteiger partial charge in [0.2, 0.25) is 0 Å². The van der Waals surface area contributed by atoms with Gasteiger partial charge in [-0.3, -0.25) is 0 Å². The number of aryl methyl sites for hydroxylation is 1. The summed E-state index contributed by atoms with van der Waals surface area (Å²) in [7, 11) is -4.53. The molecule has 0 amide bonds. The second-order valence-corrected chi connectivity index (χ2v) is 20.5. The van der Waals surface area contributed by atoms with Crippen molar-refractivity contribution >= 4 is 37.1 Å². The number of rotatable bonds is 9. The molecule has 0 saturated heterocycles. The Kier molecular flexibility index (Phi) is 8.25. The first-order valence-electron chi connectivity index (χ1n) is 13.7. The van der Waals surface area contributed by atoms with E-state index in [0.29, 0.717) is 16.6 Å². The molecule has 0 unspecified atom stereocenters. The molecule has 0 fully saturated rings. The van der Waals surface area contributed by atoms with Gasteiger partial charge in [0, 0.05) is 0 Å². The molecule has 1 nitrogen and oxygen atoms in total. The summed E-state index contributed by atoms with van der Waals surface area (Å²) in [6.07, 6.45) is 0. The van der Waals surface area contributed by atoms with Crippen LogP contribution in [0.5, 0.6) is 5.75 Å². The lowest BCUT2D eigenvalue weighted by atomic mass is 10.2. The molecule has 192 valence electrons. The average Bonchev–Trinajstić information content (AvgIpc) is 2.90. The largest absolute Gasteiger partial charge is 0.543 e. The van der Waals surface area contributed by atoms with Crippen molar-refractivity contribution in [3.63, 3.8) is 0 Å². The van der Waals surface area contributed by atoms with Gasteiger partial charge in [0.05, 0.1) is 0 Å². The van der Waals surface area contributed by atoms with Gasteiger partial charge in [-0.1, -0.05) is 144 Å². The lowest BCUT2D eigenvalue weighted by Crippen LogP contribution is -2.74. The van der Waals surface area contributed by atoms with Crippen LogP contribution in [0.25, 0.3) is 0 Å². The highest BCUT2D eigenvalue weighted by Gasteiger charge is 2.47. The van der Waals surface area contributed by atoms with Crippen molar-refractivity contribution in [2.75, 3.05) is 0 Å². The maximum absolute atomic E-state index is 7.04. The molecule has 0 aliphatic heterocycles. The van der Waals surface area contributed by atoms with Crippen LogP contribution in [0.1, 0.15) is 47.1 Å². The molecule has 4 rings (SSSR count). The first-order valence-corrected chi connectivity index (χ1v) is 17.8. The highest BCUT2D eigenvalue weighted by atomic mass is 28.4. The maximum atomic E-state index is 7.04. The van der Waals surface area contributed by atoms with Crippen molar-refractivity contribution in [3.05, 3.63) is 115 Å². The summed E-state index contributed by atoms with van der Waals surface area (Å²) in [4.78, 5) is 0. The summed E-state index contributed by atoms with van der Waals surface area (Å²) in [5.41, 5.74) is 2.92. The summed E-state index contributed by atoms with van der Waals surface area (Å²) in [5.74, 6) is 1.01. The van der Waals surface area contributed by atoms with Gasteiger partial charge in [-0.15, -0.1) is 0 Å². The minimum atomic E-state index is -2.51. The summed E-state index contributed by atoms with van der Waals surface area (Å²) in [6, 6.07) is 40.6. The smallest absolute Gasteiger partial charge is 0.258 e. The van der Waals surface area contributed by atoms with Crippen LogP contribution in [-0.4, -0.2) is 16.4 Å². The van der Waals surface area contributed by atoms with Gasteiger partial charge in [0.15, 0.2) is 8.07 Å². The molecule has 3 heteroatoms. The van der Waals surface area contributed by atoms with E-state index in [1.54, 1.807) is 0 Å². The van der Waals surface area contributed by atoms with Crippen LogP contribution in [0, 0.1) is 6.92 Å². The van der Waals surface area contributed by atoms with Crippen molar-refractivity contribution in [3.8, 4) is 5.75 Å². The van der Waals surface area contributed by atoms with E-state index in [-0.39, 0.29) is 0 Å². The van der Waals surface area contributed by atoms with Gasteiger partial charge in [-0.05, 0) is 56.4 Å². The topological polar surface area (TPSA) is 9.23 Å². The molecule has 0 aromatic heterocycles. The normalized spacial score (nSPS) is 12.4. The van der Waals surface area contributed by atoms with E-state index in [0.717, 1.165) is 5.75 Å². The lowest BCUT2D eigenvalue weighted by molar-refractivity contribution is 0.480. The van der Waals surface area contributed by atoms with Crippen molar-refractivity contribution < 1.29 is 4.43 Å². The molecule has 0 heterocycles. The molecule has 0 aliphatic rings. The van der Waals surface area contributed by atoms with E-state index < -0.39 is 16.4 Å². The Morgan fingerprint density at radius 3 is 1.19 bits per heavy atom. The Labute approximate surface area is 226 Å². The third kappa shape index (κ3) is 4.99. The monoisotopic (exact) mass is 522 g/mol. The predicted molar refractivity (Wildman–Crippen MR) is 166 cm³/mol. The van der Waals surface area contributed by atoms with E-state index in [2.05, 4.69) is 158 Å². The van der Waals surface area contributed by atoms with E-state index in [9.17, 15) is 0 Å². The van der Waals surface area contributed by atoms with Gasteiger partial charge in [-0.2, -0.15) is 0 Å². The SMILES string of the molecule is Cc1ccc([Si](c2ccccc2)(c2ccccc2)c2ccc(O[Si](C(C)C)(C(C)C)C(C)C)cc2)cc1. The van der Waals surface area contributed by atoms with Crippen molar-refractivity contribution in [1.82, 2.24) is 0 Å². The third-order valence-corrected chi connectivity index (χ3v) is 19.0. The Morgan fingerprint density at radius 2 is 0.811 bits per heavy atom. The maximum Gasteiger partial charge on any atom is 0.258 e. The summed E-state index contributed by atoms with van der Waals surface area (Å²) >= 11 is 0. The van der Waals surface area contributed by atoms with E-state index in [1.165, 1.54) is 26.3 Å². The second kappa shape index (κ2) is 11.2. The van der Waals surface area contributed by atoms with Crippen LogP contribution >= 0.6 is 0 Å². The van der Waals surface area contributed by atoms with Gasteiger partial charge in [-0.25, -0.2) is 0 Å². The summed E-state index contributed by atoms with van der Waals surface area (Å²) in [5, 5.41) is 5.58. The zero-order chi connectivity index (χ0) is 26.6. The highest BCUT2D eigenvalue weighted by Crippen LogP contribution is 2.42. The molecular weight excluding hydrogens is 481 g/mol. The van der Waals surface area contributed by atoms with Crippen molar-refractivity contribution in [1.29, 1.82) is 0 Å². The fourth-order valence-electron chi connectivity index (χ4n) is 6.51. The zero-order valence-electron chi connectivity index (χ0n) is 23.5. The minimum Gasteiger partial charge on any atom is -0.543 e. The fraction of sp³-hybridized carbons (Fsp3) is 0.294. The number of benzene rings is 4. The van der Waals surface area contributed by atoms with E-state index >= 15 is 0 Å². The van der Waals surface area contributed by atoms with E-state index in [4.69, 9.17) is 4.43 Å². The summed E-state index contributed by atoms with van der Waals surface area (Å²) in [6.45, 7) is 16.3.